The molecule has 0 saturated heterocycles. The summed E-state index contributed by atoms with van der Waals surface area (Å²) in [5.41, 5.74) is 3.22. The molecule has 0 bridgehead atoms. The quantitative estimate of drug-likeness (QED) is 0.682. The zero-order valence-corrected chi connectivity index (χ0v) is 15.8. The minimum absolute atomic E-state index is 0.209. The molecule has 0 radical (unpaired) electrons. The summed E-state index contributed by atoms with van der Waals surface area (Å²) in [7, 11) is 1.56. The van der Waals surface area contributed by atoms with Gasteiger partial charge in [-0.3, -0.25) is 9.59 Å². The first-order valence-electron chi connectivity index (χ1n) is 9.02. The monoisotopic (exact) mass is 374 g/mol. The molecule has 0 fully saturated rings. The van der Waals surface area contributed by atoms with E-state index in [0.29, 0.717) is 17.0 Å². The lowest BCUT2D eigenvalue weighted by Crippen LogP contribution is -2.30. The number of carbonyl (C=O) groups is 2. The van der Waals surface area contributed by atoms with Gasteiger partial charge in [0.15, 0.2) is 6.10 Å². The SMILES string of the molecule is CNC(=O)c1cccc(NC(=O)C(C)Oc2ccc(-c3ccccc3)cc2)c1. The standard InChI is InChI=1S/C23H22N2O3/c1-16(22(26)25-20-10-6-9-19(15-20)23(27)24-2)28-21-13-11-18(12-14-21)17-7-4-3-5-8-17/h3-16H,1-2H3,(H,24,27)(H,25,26). The van der Waals surface area contributed by atoms with Crippen LogP contribution < -0.4 is 15.4 Å². The van der Waals surface area contributed by atoms with Gasteiger partial charge < -0.3 is 15.4 Å². The summed E-state index contributed by atoms with van der Waals surface area (Å²) < 4.78 is 5.75. The summed E-state index contributed by atoms with van der Waals surface area (Å²) in [5, 5.41) is 5.33. The Labute approximate surface area is 164 Å². The maximum atomic E-state index is 12.4. The Morgan fingerprint density at radius 3 is 2.21 bits per heavy atom. The number of nitrogens with one attached hydrogen (secondary N) is 2. The Morgan fingerprint density at radius 2 is 1.54 bits per heavy atom. The molecular weight excluding hydrogens is 352 g/mol. The Morgan fingerprint density at radius 1 is 0.857 bits per heavy atom. The minimum Gasteiger partial charge on any atom is -0.481 e. The van der Waals surface area contributed by atoms with Crippen LogP contribution in [-0.2, 0) is 4.79 Å². The number of anilines is 1. The van der Waals surface area contributed by atoms with Crippen molar-refractivity contribution in [3.05, 3.63) is 84.4 Å². The van der Waals surface area contributed by atoms with E-state index in [1.54, 1.807) is 38.2 Å². The highest BCUT2D eigenvalue weighted by Crippen LogP contribution is 2.23. The molecule has 5 nitrogen and oxygen atoms in total. The lowest BCUT2D eigenvalue weighted by Gasteiger charge is -2.15. The Balaban J connectivity index is 1.62. The second-order valence-electron chi connectivity index (χ2n) is 6.30. The fourth-order valence-corrected chi connectivity index (χ4v) is 2.74. The molecule has 2 N–H and O–H groups in total. The molecule has 3 rings (SSSR count). The number of benzene rings is 3. The van der Waals surface area contributed by atoms with E-state index in [-0.39, 0.29) is 11.8 Å². The summed E-state index contributed by atoms with van der Waals surface area (Å²) in [6.45, 7) is 1.68. The van der Waals surface area contributed by atoms with E-state index in [9.17, 15) is 9.59 Å². The highest BCUT2D eigenvalue weighted by molar-refractivity contribution is 5.98. The molecule has 0 heterocycles. The van der Waals surface area contributed by atoms with Crippen molar-refractivity contribution >= 4 is 17.5 Å². The van der Waals surface area contributed by atoms with Crippen LogP contribution in [0.1, 0.15) is 17.3 Å². The third-order valence-electron chi connectivity index (χ3n) is 4.26. The Hall–Kier alpha value is -3.60. The van der Waals surface area contributed by atoms with Gasteiger partial charge in [0.05, 0.1) is 0 Å². The number of hydrogen-bond donors (Lipinski definition) is 2. The van der Waals surface area contributed by atoms with E-state index in [1.165, 1.54) is 0 Å². The zero-order valence-electron chi connectivity index (χ0n) is 15.8. The maximum absolute atomic E-state index is 12.4. The molecule has 1 unspecified atom stereocenters. The molecule has 3 aromatic carbocycles. The van der Waals surface area contributed by atoms with Gasteiger partial charge in [0, 0.05) is 18.3 Å². The molecule has 0 aliphatic rings. The average molecular weight is 374 g/mol. The van der Waals surface area contributed by atoms with Crippen LogP contribution in [0.4, 0.5) is 5.69 Å². The van der Waals surface area contributed by atoms with Gasteiger partial charge in [-0.15, -0.1) is 0 Å². The highest BCUT2D eigenvalue weighted by Gasteiger charge is 2.15. The van der Waals surface area contributed by atoms with Crippen LogP contribution in [0.3, 0.4) is 0 Å². The summed E-state index contributed by atoms with van der Waals surface area (Å²) >= 11 is 0. The molecule has 0 aliphatic carbocycles. The second kappa shape index (κ2) is 8.86. The molecule has 1 atom stereocenters. The lowest BCUT2D eigenvalue weighted by atomic mass is 10.1. The largest absolute Gasteiger partial charge is 0.481 e. The van der Waals surface area contributed by atoms with Crippen molar-refractivity contribution in [1.82, 2.24) is 5.32 Å². The van der Waals surface area contributed by atoms with Gasteiger partial charge in [0.25, 0.3) is 11.8 Å². The first-order chi connectivity index (χ1) is 13.6. The van der Waals surface area contributed by atoms with Crippen LogP contribution in [-0.4, -0.2) is 25.0 Å². The first-order valence-corrected chi connectivity index (χ1v) is 9.02. The van der Waals surface area contributed by atoms with Gasteiger partial charge in [0.2, 0.25) is 0 Å². The Bertz CT molecular complexity index is 953. The van der Waals surface area contributed by atoms with E-state index < -0.39 is 6.10 Å². The number of carbonyl (C=O) groups excluding carboxylic acids is 2. The van der Waals surface area contributed by atoms with Crippen molar-refractivity contribution in [2.24, 2.45) is 0 Å². The van der Waals surface area contributed by atoms with Gasteiger partial charge in [-0.2, -0.15) is 0 Å². The van der Waals surface area contributed by atoms with Crippen LogP contribution >= 0.6 is 0 Å². The van der Waals surface area contributed by atoms with Crippen molar-refractivity contribution in [1.29, 1.82) is 0 Å². The second-order valence-corrected chi connectivity index (χ2v) is 6.30. The molecule has 3 aromatic rings. The van der Waals surface area contributed by atoms with Crippen LogP contribution in [0.15, 0.2) is 78.9 Å². The van der Waals surface area contributed by atoms with Crippen LogP contribution in [0, 0.1) is 0 Å². The van der Waals surface area contributed by atoms with Gasteiger partial charge in [-0.1, -0.05) is 48.5 Å². The van der Waals surface area contributed by atoms with Crippen molar-refractivity contribution in [3.8, 4) is 16.9 Å². The highest BCUT2D eigenvalue weighted by atomic mass is 16.5. The minimum atomic E-state index is -0.689. The number of amides is 2. The number of hydrogen-bond acceptors (Lipinski definition) is 3. The maximum Gasteiger partial charge on any atom is 0.265 e. The number of rotatable bonds is 6. The predicted molar refractivity (Wildman–Crippen MR) is 110 cm³/mol. The first kappa shape index (κ1) is 19.2. The molecule has 142 valence electrons. The summed E-state index contributed by atoms with van der Waals surface area (Å²) in [6.07, 6.45) is -0.689. The molecule has 5 heteroatoms. The summed E-state index contributed by atoms with van der Waals surface area (Å²) in [6, 6.07) is 24.4. The van der Waals surface area contributed by atoms with Crippen molar-refractivity contribution in [3.63, 3.8) is 0 Å². The van der Waals surface area contributed by atoms with Crippen molar-refractivity contribution in [2.45, 2.75) is 13.0 Å². The molecule has 0 spiro atoms. The van der Waals surface area contributed by atoms with Crippen molar-refractivity contribution in [2.75, 3.05) is 12.4 Å². The van der Waals surface area contributed by atoms with E-state index in [2.05, 4.69) is 10.6 Å². The van der Waals surface area contributed by atoms with Crippen molar-refractivity contribution < 1.29 is 14.3 Å². The van der Waals surface area contributed by atoms with Gasteiger partial charge in [-0.05, 0) is 48.4 Å². The van der Waals surface area contributed by atoms with E-state index in [0.717, 1.165) is 11.1 Å². The predicted octanol–water partition coefficient (Wildman–Crippen LogP) is 4.12. The molecular formula is C23H22N2O3. The van der Waals surface area contributed by atoms with Crippen LogP contribution in [0.25, 0.3) is 11.1 Å². The summed E-state index contributed by atoms with van der Waals surface area (Å²) in [5.74, 6) is 0.113. The fraction of sp³-hybridized carbons (Fsp3) is 0.130. The normalized spacial score (nSPS) is 11.4. The smallest absolute Gasteiger partial charge is 0.265 e. The van der Waals surface area contributed by atoms with Gasteiger partial charge >= 0.3 is 0 Å². The third-order valence-corrected chi connectivity index (χ3v) is 4.26. The van der Waals surface area contributed by atoms with Gasteiger partial charge in [-0.25, -0.2) is 0 Å². The third kappa shape index (κ3) is 4.76. The van der Waals surface area contributed by atoms with Gasteiger partial charge in [0.1, 0.15) is 5.75 Å². The molecule has 0 saturated carbocycles. The molecule has 0 aliphatic heterocycles. The molecule has 0 aromatic heterocycles. The van der Waals surface area contributed by atoms with E-state index >= 15 is 0 Å². The molecule has 28 heavy (non-hydrogen) atoms. The van der Waals surface area contributed by atoms with E-state index in [1.807, 2.05) is 54.6 Å². The average Bonchev–Trinajstić information content (AvgIpc) is 2.74. The number of ether oxygens (including phenoxy) is 1. The van der Waals surface area contributed by atoms with Crippen LogP contribution in [0.2, 0.25) is 0 Å². The topological polar surface area (TPSA) is 67.4 Å². The zero-order chi connectivity index (χ0) is 19.9. The fourth-order valence-electron chi connectivity index (χ4n) is 2.74. The van der Waals surface area contributed by atoms with Crippen LogP contribution in [0.5, 0.6) is 5.75 Å². The summed E-state index contributed by atoms with van der Waals surface area (Å²) in [4.78, 5) is 24.1. The Kier molecular flexibility index (Phi) is 6.07. The van der Waals surface area contributed by atoms with E-state index in [4.69, 9.17) is 4.74 Å². The molecule has 2 amide bonds. The lowest BCUT2D eigenvalue weighted by molar-refractivity contribution is -0.122.